The largest absolute Gasteiger partial charge is 0.493 e. The van der Waals surface area contributed by atoms with Crippen molar-refractivity contribution in [3.8, 4) is 23.0 Å². The van der Waals surface area contributed by atoms with Gasteiger partial charge in [0.2, 0.25) is 0 Å². The van der Waals surface area contributed by atoms with Gasteiger partial charge in [-0.2, -0.15) is 0 Å². The molecule has 0 fully saturated rings. The first-order valence-corrected chi connectivity index (χ1v) is 44.2. The van der Waals surface area contributed by atoms with E-state index >= 15 is 0 Å². The molecule has 0 aromatic heterocycles. The maximum Gasteiger partial charge on any atom is 0.161 e. The van der Waals surface area contributed by atoms with Crippen LogP contribution < -0.4 is 18.9 Å². The Kier molecular flexibility index (Phi) is 130. The van der Waals surface area contributed by atoms with Gasteiger partial charge in [0.15, 0.2) is 11.5 Å². The molecule has 4 heteroatoms. The fraction of sp³-hybridized carbons (Fsp3) is 0.647. The molecule has 3 heterocycles. The molecule has 0 bridgehead atoms. The molecular weight excluding hydrogens is 1290 g/mol. The average Bonchev–Trinajstić information content (AvgIpc) is 1.69. The van der Waals surface area contributed by atoms with Crippen molar-refractivity contribution in [2.45, 2.75) is 381 Å². The molecule has 0 N–H and O–H groups in total. The molecule has 0 unspecified atom stereocenters. The summed E-state index contributed by atoms with van der Waals surface area (Å²) >= 11 is 0. The summed E-state index contributed by atoms with van der Waals surface area (Å²) in [6.45, 7) is 90.1. The Hall–Kier alpha value is -5.48. The molecule has 12 rings (SSSR count). The molecule has 0 radical (unpaired) electrons. The molecule has 6 aromatic carbocycles. The van der Waals surface area contributed by atoms with Gasteiger partial charge in [-0.3, -0.25) is 0 Å². The lowest BCUT2D eigenvalue weighted by Crippen LogP contribution is -2.14. The quantitative estimate of drug-likeness (QED) is 0.152. The van der Waals surface area contributed by atoms with Crippen LogP contribution >= 0.6 is 0 Å². The Morgan fingerprint density at radius 3 is 0.472 bits per heavy atom. The smallest absolute Gasteiger partial charge is 0.161 e. The Balaban J connectivity index is -0.0000000899. The van der Waals surface area contributed by atoms with Gasteiger partial charge in [-0.05, 0) is 194 Å². The fourth-order valence-electron chi connectivity index (χ4n) is 8.29. The standard InChI is InChI=1S/C10H12.2C9H10O.2C9H10.C8H8O2.6C4H10.12C2H6/c1-2-6-10-8-4-3-7-9(10)5-1;2*1-2-6-9-8(4-1)5-3-7-10-9;2*1-2-5-9-7-3-6-8(9)4-1;1-2-4-8-7(3-1)9-5-6-10-8;6*1-4(2)3;12*1-2/h1-2,5-6H,3-4,7-8H2;2*1-2,4,6H,3,5,7H2;2*1-2,4-5H,3,6-7H2;1-4H,5-6H2;6*4H,1-3H3;12*1-2H3. The van der Waals surface area contributed by atoms with Crippen molar-refractivity contribution in [1.82, 2.24) is 0 Å². The number of para-hydroxylation sites is 4. The van der Waals surface area contributed by atoms with Crippen molar-refractivity contribution in [1.29, 1.82) is 0 Å². The lowest BCUT2D eigenvalue weighted by Gasteiger charge is -2.17. The van der Waals surface area contributed by atoms with E-state index in [2.05, 4.69) is 222 Å². The predicted molar refractivity (Wildman–Crippen MR) is 497 cm³/mol. The summed E-state index contributed by atoms with van der Waals surface area (Å²) < 4.78 is 21.4. The second kappa shape index (κ2) is 108. The minimum atomic E-state index is 0.664. The highest BCUT2D eigenvalue weighted by Crippen LogP contribution is 2.29. The van der Waals surface area contributed by atoms with E-state index in [4.69, 9.17) is 18.9 Å². The Morgan fingerprint density at radius 2 is 0.292 bits per heavy atom. The van der Waals surface area contributed by atoms with Gasteiger partial charge in [-0.25, -0.2) is 0 Å². The van der Waals surface area contributed by atoms with Crippen molar-refractivity contribution >= 4 is 0 Å². The third-order valence-electron chi connectivity index (χ3n) is 11.4. The van der Waals surface area contributed by atoms with Gasteiger partial charge in [0.1, 0.15) is 24.7 Å². The minimum absolute atomic E-state index is 0.664. The zero-order valence-electron chi connectivity index (χ0n) is 79.7. The van der Waals surface area contributed by atoms with Gasteiger partial charge in [-0.15, -0.1) is 0 Å². The summed E-state index contributed by atoms with van der Waals surface area (Å²) in [7, 11) is 0. The Morgan fingerprint density at radius 1 is 0.160 bits per heavy atom. The van der Waals surface area contributed by atoms with Crippen LogP contribution in [0.15, 0.2) is 146 Å². The van der Waals surface area contributed by atoms with Crippen molar-refractivity contribution in [3.05, 3.63) is 190 Å². The first-order valence-electron chi connectivity index (χ1n) is 44.2. The predicted octanol–water partition coefficient (Wildman–Crippen LogP) is 34.7. The molecule has 0 amide bonds. The zero-order valence-corrected chi connectivity index (χ0v) is 79.7. The summed E-state index contributed by atoms with van der Waals surface area (Å²) in [4.78, 5) is 0. The number of hydrogen-bond donors (Lipinski definition) is 0. The van der Waals surface area contributed by atoms with E-state index in [1.165, 1.54) is 88.2 Å². The summed E-state index contributed by atoms with van der Waals surface area (Å²) in [6.07, 6.45) is 18.0. The molecule has 0 atom stereocenters. The highest BCUT2D eigenvalue weighted by molar-refractivity contribution is 5.40. The van der Waals surface area contributed by atoms with Crippen molar-refractivity contribution < 1.29 is 18.9 Å². The van der Waals surface area contributed by atoms with Gasteiger partial charge in [-0.1, -0.05) is 412 Å². The van der Waals surface area contributed by atoms with Crippen LogP contribution in [0.2, 0.25) is 0 Å². The molecule has 0 spiro atoms. The van der Waals surface area contributed by atoms with E-state index in [1.54, 1.807) is 33.4 Å². The first-order chi connectivity index (χ1) is 51.2. The lowest BCUT2D eigenvalue weighted by molar-refractivity contribution is 0.171. The summed E-state index contributed by atoms with van der Waals surface area (Å²) in [5.74, 6) is 8.87. The molecule has 106 heavy (non-hydrogen) atoms. The molecular formula is C102H192O4. The van der Waals surface area contributed by atoms with Crippen LogP contribution in [-0.4, -0.2) is 26.4 Å². The topological polar surface area (TPSA) is 36.9 Å². The average molecular weight is 1480 g/mol. The SMILES string of the molecule is CC.CC.CC.CC.CC.CC.CC.CC.CC.CC.CC.CC.CC(C)C.CC(C)C.CC(C)C.CC(C)C.CC(C)C.CC(C)C.c1ccc2c(c1)CCC2.c1ccc2c(c1)CCC2.c1ccc2c(c1)CCCC2.c1ccc2c(c1)CCCO2.c1ccc2c(c1)CCCO2.c1ccc2c(c1)OCCO2. The molecule has 3 aliphatic heterocycles. The molecule has 0 saturated carbocycles. The van der Waals surface area contributed by atoms with Crippen molar-refractivity contribution in [2.75, 3.05) is 26.4 Å². The van der Waals surface area contributed by atoms with Gasteiger partial charge in [0.05, 0.1) is 13.2 Å². The first kappa shape index (κ1) is 127. The van der Waals surface area contributed by atoms with Crippen LogP contribution in [0, 0.1) is 35.5 Å². The van der Waals surface area contributed by atoms with Crippen molar-refractivity contribution in [3.63, 3.8) is 0 Å². The van der Waals surface area contributed by atoms with E-state index in [-0.39, 0.29) is 0 Å². The van der Waals surface area contributed by atoms with E-state index in [1.807, 2.05) is 215 Å². The van der Waals surface area contributed by atoms with Crippen LogP contribution in [0.25, 0.3) is 0 Å². The minimum Gasteiger partial charge on any atom is -0.493 e. The lowest BCUT2D eigenvalue weighted by atomic mass is 9.92. The second-order valence-electron chi connectivity index (χ2n) is 25.9. The number of rotatable bonds is 0. The van der Waals surface area contributed by atoms with Crippen LogP contribution in [0.1, 0.15) is 374 Å². The molecule has 0 saturated heterocycles. The van der Waals surface area contributed by atoms with Crippen molar-refractivity contribution in [2.24, 2.45) is 35.5 Å². The number of hydrogen-bond acceptors (Lipinski definition) is 4. The van der Waals surface area contributed by atoms with E-state index < -0.39 is 0 Å². The van der Waals surface area contributed by atoms with Crippen LogP contribution in [0.3, 0.4) is 0 Å². The van der Waals surface area contributed by atoms with Gasteiger partial charge in [0.25, 0.3) is 0 Å². The number of ether oxygens (including phenoxy) is 4. The van der Waals surface area contributed by atoms with Gasteiger partial charge >= 0.3 is 0 Å². The highest BCUT2D eigenvalue weighted by atomic mass is 16.6. The molecule has 4 nitrogen and oxygen atoms in total. The van der Waals surface area contributed by atoms with Crippen LogP contribution in [-0.2, 0) is 51.4 Å². The highest BCUT2D eigenvalue weighted by Gasteiger charge is 2.11. The Labute approximate surface area is 670 Å². The third kappa shape index (κ3) is 92.7. The second-order valence-corrected chi connectivity index (χ2v) is 25.9. The Bertz CT molecular complexity index is 1980. The summed E-state index contributed by atoms with van der Waals surface area (Å²) in [6, 6.07) is 50.5. The van der Waals surface area contributed by atoms with E-state index in [9.17, 15) is 0 Å². The fourth-order valence-corrected chi connectivity index (χ4v) is 8.29. The third-order valence-corrected chi connectivity index (χ3v) is 11.4. The molecule has 6 aromatic rings. The monoisotopic (exact) mass is 1480 g/mol. The molecule has 624 valence electrons. The number of benzene rings is 6. The summed E-state index contributed by atoms with van der Waals surface area (Å²) in [5, 5.41) is 0. The van der Waals surface area contributed by atoms with Gasteiger partial charge in [0, 0.05) is 0 Å². The normalized spacial score (nSPS) is 11.2. The van der Waals surface area contributed by atoms with E-state index in [0.29, 0.717) is 13.2 Å². The maximum atomic E-state index is 5.42. The zero-order chi connectivity index (χ0) is 84.9. The van der Waals surface area contributed by atoms with Crippen LogP contribution in [0.4, 0.5) is 0 Å². The molecule has 3 aliphatic carbocycles. The summed E-state index contributed by atoms with van der Waals surface area (Å²) in [5.41, 5.74) is 12.1. The molecule has 6 aliphatic rings. The number of aryl methyl sites for hydroxylation is 8. The van der Waals surface area contributed by atoms with E-state index in [0.717, 1.165) is 84.6 Å². The van der Waals surface area contributed by atoms with Crippen LogP contribution in [0.5, 0.6) is 23.0 Å². The number of fused-ring (bicyclic) bond motifs is 6. The maximum absolute atomic E-state index is 5.42. The van der Waals surface area contributed by atoms with Gasteiger partial charge < -0.3 is 18.9 Å².